The van der Waals surface area contributed by atoms with E-state index in [0.29, 0.717) is 18.4 Å². The Morgan fingerprint density at radius 3 is 2.50 bits per heavy atom. The third kappa shape index (κ3) is 2.06. The highest BCUT2D eigenvalue weighted by Gasteiger charge is 2.80. The maximum Gasteiger partial charge on any atom is 0.218 e. The van der Waals surface area contributed by atoms with Gasteiger partial charge in [-0.15, -0.1) is 0 Å². The zero-order valence-electron chi connectivity index (χ0n) is 15.6. The first-order valence-electron chi connectivity index (χ1n) is 9.42. The lowest BCUT2D eigenvalue weighted by atomic mass is 9.48. The van der Waals surface area contributed by atoms with Gasteiger partial charge in [0.2, 0.25) is 11.7 Å². The van der Waals surface area contributed by atoms with Gasteiger partial charge in [0.15, 0.2) is 10.8 Å². The van der Waals surface area contributed by atoms with E-state index in [1.54, 1.807) is 0 Å². The number of hydrogen-bond donors (Lipinski definition) is 1. The third-order valence-electron chi connectivity index (χ3n) is 6.42. The minimum atomic E-state index is -1.80. The van der Waals surface area contributed by atoms with Gasteiger partial charge in [-0.1, -0.05) is 42.8 Å². The van der Waals surface area contributed by atoms with Gasteiger partial charge in [0, 0.05) is 6.42 Å². The van der Waals surface area contributed by atoms with Crippen molar-refractivity contribution in [1.29, 1.82) is 21.2 Å². The lowest BCUT2D eigenvalue weighted by molar-refractivity contribution is -0.349. The van der Waals surface area contributed by atoms with Gasteiger partial charge in [0.05, 0.1) is 24.1 Å². The van der Waals surface area contributed by atoms with Crippen LogP contribution in [0.1, 0.15) is 38.2 Å². The monoisotopic (exact) mass is 372 g/mol. The fraction of sp³-hybridized carbons (Fsp3) is 0.455. The highest BCUT2D eigenvalue weighted by atomic mass is 16.7. The second-order valence-electron chi connectivity index (χ2n) is 7.79. The molecule has 0 amide bonds. The summed E-state index contributed by atoms with van der Waals surface area (Å²) in [6, 6.07) is 16.0. The second kappa shape index (κ2) is 6.20. The molecule has 3 aliphatic heterocycles. The summed E-state index contributed by atoms with van der Waals surface area (Å²) in [5, 5.41) is 39.1. The molecule has 1 aromatic rings. The quantitative estimate of drug-likeness (QED) is 0.845. The maximum absolute atomic E-state index is 10.2. The summed E-state index contributed by atoms with van der Waals surface area (Å²) >= 11 is 0. The zero-order valence-corrected chi connectivity index (χ0v) is 15.6. The number of nitrogens with zero attached hydrogens (tertiary/aromatic N) is 3. The molecule has 1 saturated carbocycles. The molecule has 4 atom stereocenters. The third-order valence-corrected chi connectivity index (χ3v) is 6.42. The normalized spacial score (nSPS) is 35.6. The summed E-state index contributed by atoms with van der Waals surface area (Å²) < 4.78 is 12.2. The molecule has 3 saturated heterocycles. The number of benzene rings is 1. The second-order valence-corrected chi connectivity index (χ2v) is 7.79. The first kappa shape index (κ1) is 18.2. The van der Waals surface area contributed by atoms with Crippen LogP contribution in [0.25, 0.3) is 6.08 Å². The molecule has 6 heteroatoms. The van der Waals surface area contributed by atoms with E-state index in [1.807, 2.05) is 43.3 Å². The van der Waals surface area contributed by atoms with Gasteiger partial charge in [-0.05, 0) is 30.9 Å². The van der Waals surface area contributed by atoms with E-state index < -0.39 is 28.6 Å². The molecule has 140 valence electrons. The van der Waals surface area contributed by atoms with Gasteiger partial charge in [0.25, 0.3) is 0 Å². The summed E-state index contributed by atoms with van der Waals surface area (Å²) in [5.74, 6) is -2.08. The summed E-state index contributed by atoms with van der Waals surface area (Å²) in [7, 11) is 0. The van der Waals surface area contributed by atoms with Crippen LogP contribution in [0.2, 0.25) is 0 Å². The number of nitrogens with one attached hydrogen (secondary N) is 1. The molecule has 1 aromatic carbocycles. The Balaban J connectivity index is 1.93. The van der Waals surface area contributed by atoms with Crippen LogP contribution < -0.4 is 0 Å². The predicted molar refractivity (Wildman–Crippen MR) is 100 cm³/mol. The smallest absolute Gasteiger partial charge is 0.218 e. The molecule has 1 N–H and O–H groups in total. The standard InChI is InChI=1S/C22H20N4O2/c1-15(11-16-7-3-2-4-8-16)18-21(14-25)19(26)28-22(27-18)10-6-5-9-17(22)20(21,12-23)13-24/h2-4,7-8,11,17-18,26H,5-6,9-10H2,1H3/b15-11+,26-19?/t17-,18+,21+,22+/m0/s1. The van der Waals surface area contributed by atoms with Crippen LogP contribution in [0.15, 0.2) is 35.9 Å². The largest absolute Gasteiger partial charge is 0.447 e. The van der Waals surface area contributed by atoms with Crippen LogP contribution in [0, 0.1) is 56.2 Å². The molecule has 0 aromatic heterocycles. The average molecular weight is 372 g/mol. The summed E-state index contributed by atoms with van der Waals surface area (Å²) in [6.07, 6.45) is 3.71. The van der Waals surface area contributed by atoms with Gasteiger partial charge >= 0.3 is 0 Å². The van der Waals surface area contributed by atoms with E-state index in [4.69, 9.17) is 14.9 Å². The lowest BCUT2D eigenvalue weighted by Gasteiger charge is -2.63. The van der Waals surface area contributed by atoms with E-state index in [2.05, 4.69) is 18.2 Å². The first-order chi connectivity index (χ1) is 13.5. The van der Waals surface area contributed by atoms with Crippen molar-refractivity contribution < 1.29 is 9.47 Å². The lowest BCUT2D eigenvalue weighted by Crippen LogP contribution is -2.76. The summed E-state index contributed by atoms with van der Waals surface area (Å²) in [6.45, 7) is 1.82. The number of fused-ring (bicyclic) bond motifs is 2. The molecule has 0 radical (unpaired) electrons. The van der Waals surface area contributed by atoms with E-state index in [9.17, 15) is 15.8 Å². The van der Waals surface area contributed by atoms with E-state index in [0.717, 1.165) is 18.4 Å². The van der Waals surface area contributed by atoms with Crippen molar-refractivity contribution in [2.75, 3.05) is 0 Å². The number of ether oxygens (including phenoxy) is 2. The minimum absolute atomic E-state index is 0.326. The highest BCUT2D eigenvalue weighted by Crippen LogP contribution is 2.66. The Hall–Kier alpha value is -3.14. The Bertz CT molecular complexity index is 967. The van der Waals surface area contributed by atoms with Gasteiger partial charge in [-0.2, -0.15) is 15.8 Å². The molecular weight excluding hydrogens is 352 g/mol. The van der Waals surface area contributed by atoms with Gasteiger partial charge in [-0.3, -0.25) is 5.41 Å². The van der Waals surface area contributed by atoms with Crippen molar-refractivity contribution in [1.82, 2.24) is 0 Å². The minimum Gasteiger partial charge on any atom is -0.447 e. The Labute approximate surface area is 164 Å². The summed E-state index contributed by atoms with van der Waals surface area (Å²) in [5.41, 5.74) is -1.87. The average Bonchev–Trinajstić information content (AvgIpc) is 2.72. The Morgan fingerprint density at radius 1 is 1.14 bits per heavy atom. The van der Waals surface area contributed by atoms with Crippen molar-refractivity contribution in [3.63, 3.8) is 0 Å². The maximum atomic E-state index is 10.2. The van der Waals surface area contributed by atoms with Crippen molar-refractivity contribution in [2.24, 2.45) is 16.7 Å². The molecular formula is C22H20N4O2. The molecule has 1 aliphatic carbocycles. The van der Waals surface area contributed by atoms with Crippen molar-refractivity contribution in [2.45, 2.75) is 44.5 Å². The van der Waals surface area contributed by atoms with Crippen LogP contribution in [0.4, 0.5) is 0 Å². The molecule has 28 heavy (non-hydrogen) atoms. The highest BCUT2D eigenvalue weighted by molar-refractivity contribution is 5.89. The topological polar surface area (TPSA) is 114 Å². The van der Waals surface area contributed by atoms with Crippen molar-refractivity contribution in [3.05, 3.63) is 41.5 Å². The first-order valence-corrected chi connectivity index (χ1v) is 9.42. The van der Waals surface area contributed by atoms with Gasteiger partial charge in [-0.25, -0.2) is 0 Å². The SMILES string of the molecule is C/C(=C\c1ccccc1)[C@H]1O[C@@]23CCCC[C@H]2C(C#N)(C#N)[C@@]1(C#N)C(=N)O3. The van der Waals surface area contributed by atoms with Crippen LogP contribution in [0.5, 0.6) is 0 Å². The molecule has 4 aliphatic rings. The van der Waals surface area contributed by atoms with Gasteiger partial charge < -0.3 is 9.47 Å². The fourth-order valence-electron chi connectivity index (χ4n) is 5.15. The number of nitriles is 3. The van der Waals surface area contributed by atoms with Gasteiger partial charge in [0.1, 0.15) is 6.10 Å². The molecule has 6 nitrogen and oxygen atoms in total. The van der Waals surface area contributed by atoms with E-state index in [-0.39, 0.29) is 5.90 Å². The Kier molecular flexibility index (Phi) is 4.03. The van der Waals surface area contributed by atoms with Crippen LogP contribution in [0.3, 0.4) is 0 Å². The fourth-order valence-corrected chi connectivity index (χ4v) is 5.15. The number of hydrogen-bond acceptors (Lipinski definition) is 6. The van der Waals surface area contributed by atoms with E-state index >= 15 is 0 Å². The van der Waals surface area contributed by atoms with Crippen LogP contribution in [-0.2, 0) is 9.47 Å². The summed E-state index contributed by atoms with van der Waals surface area (Å²) in [4.78, 5) is 0. The van der Waals surface area contributed by atoms with Crippen LogP contribution >= 0.6 is 0 Å². The molecule has 5 rings (SSSR count). The molecule has 3 heterocycles. The molecule has 0 unspecified atom stereocenters. The van der Waals surface area contributed by atoms with Crippen molar-refractivity contribution in [3.8, 4) is 18.2 Å². The Morgan fingerprint density at radius 2 is 1.86 bits per heavy atom. The zero-order chi connectivity index (χ0) is 20.0. The predicted octanol–water partition coefficient (Wildman–Crippen LogP) is 3.93. The number of rotatable bonds is 2. The molecule has 2 bridgehead atoms. The molecule has 1 spiro atoms. The van der Waals surface area contributed by atoms with Crippen LogP contribution in [-0.4, -0.2) is 17.8 Å². The van der Waals surface area contributed by atoms with Crippen molar-refractivity contribution >= 4 is 12.0 Å². The molecule has 4 fully saturated rings. The van der Waals surface area contributed by atoms with E-state index in [1.165, 1.54) is 0 Å².